The number of benzene rings is 2. The molecule has 4 rings (SSSR count). The third-order valence-corrected chi connectivity index (χ3v) is 5.41. The third kappa shape index (κ3) is 3.20. The standard InChI is InChI=1S/C25H25NO4/c1-5-11-26-22(17-7-9-18(10-8-17)29-12-6-2)21-23(27)20-16(4)13-15(3)14-19(20)30-24(21)25(26)28/h5,7-10,13-14,22H,1,6,11-12H2,2-4H3. The van der Waals surface area contributed by atoms with Crippen LogP contribution in [-0.4, -0.2) is 24.0 Å². The van der Waals surface area contributed by atoms with Gasteiger partial charge in [0.05, 0.1) is 23.6 Å². The molecule has 5 heteroatoms. The van der Waals surface area contributed by atoms with E-state index in [1.807, 2.05) is 50.2 Å². The number of carbonyl (C=O) groups is 1. The Morgan fingerprint density at radius 3 is 2.57 bits per heavy atom. The van der Waals surface area contributed by atoms with Crippen molar-refractivity contribution < 1.29 is 13.9 Å². The topological polar surface area (TPSA) is 59.8 Å². The fourth-order valence-electron chi connectivity index (χ4n) is 4.15. The molecule has 0 aliphatic carbocycles. The van der Waals surface area contributed by atoms with Gasteiger partial charge in [-0.2, -0.15) is 0 Å². The average molecular weight is 403 g/mol. The normalized spacial score (nSPS) is 15.5. The second kappa shape index (κ2) is 7.82. The lowest BCUT2D eigenvalue weighted by atomic mass is 9.97. The van der Waals surface area contributed by atoms with Crippen molar-refractivity contribution in [3.63, 3.8) is 0 Å². The molecule has 1 aromatic heterocycles. The highest BCUT2D eigenvalue weighted by molar-refractivity contribution is 5.99. The molecule has 2 aromatic carbocycles. The maximum absolute atomic E-state index is 13.6. The SMILES string of the molecule is C=CCN1C(=O)c2oc3cc(C)cc(C)c3c(=O)c2C1c1ccc(OCCC)cc1. The Bertz CT molecular complexity index is 1190. The predicted octanol–water partition coefficient (Wildman–Crippen LogP) is 4.93. The van der Waals surface area contributed by atoms with Gasteiger partial charge in [-0.05, 0) is 55.2 Å². The Balaban J connectivity index is 1.91. The van der Waals surface area contributed by atoms with Gasteiger partial charge in [0, 0.05) is 6.54 Å². The fraction of sp³-hybridized carbons (Fsp3) is 0.280. The van der Waals surface area contributed by atoms with Gasteiger partial charge in [0.2, 0.25) is 5.76 Å². The van der Waals surface area contributed by atoms with Crippen LogP contribution in [0.25, 0.3) is 11.0 Å². The van der Waals surface area contributed by atoms with E-state index < -0.39 is 6.04 Å². The Kier molecular flexibility index (Phi) is 5.20. The number of carbonyl (C=O) groups excluding carboxylic acids is 1. The Labute approximate surface area is 175 Å². The van der Waals surface area contributed by atoms with Gasteiger partial charge in [0.15, 0.2) is 5.43 Å². The van der Waals surface area contributed by atoms with Gasteiger partial charge >= 0.3 is 0 Å². The minimum absolute atomic E-state index is 0.121. The molecule has 30 heavy (non-hydrogen) atoms. The molecule has 154 valence electrons. The number of amides is 1. The van der Waals surface area contributed by atoms with Crippen LogP contribution in [-0.2, 0) is 0 Å². The van der Waals surface area contributed by atoms with Gasteiger partial charge in [-0.25, -0.2) is 0 Å². The van der Waals surface area contributed by atoms with Crippen LogP contribution >= 0.6 is 0 Å². The molecule has 1 aliphatic rings. The largest absolute Gasteiger partial charge is 0.494 e. The molecule has 3 aromatic rings. The molecule has 2 heterocycles. The van der Waals surface area contributed by atoms with E-state index in [-0.39, 0.29) is 17.1 Å². The molecular formula is C25H25NO4. The van der Waals surface area contributed by atoms with Crippen molar-refractivity contribution in [2.45, 2.75) is 33.2 Å². The summed E-state index contributed by atoms with van der Waals surface area (Å²) in [6.07, 6.45) is 2.58. The van der Waals surface area contributed by atoms with Crippen molar-refractivity contribution in [3.05, 3.63) is 87.3 Å². The molecule has 0 spiro atoms. The summed E-state index contributed by atoms with van der Waals surface area (Å²) in [5.41, 5.74) is 3.36. The number of rotatable bonds is 6. The minimum atomic E-state index is -0.521. The molecule has 1 aliphatic heterocycles. The molecule has 0 fully saturated rings. The van der Waals surface area contributed by atoms with Crippen LogP contribution in [0.2, 0.25) is 0 Å². The number of fused-ring (bicyclic) bond motifs is 2. The van der Waals surface area contributed by atoms with E-state index in [9.17, 15) is 9.59 Å². The van der Waals surface area contributed by atoms with Gasteiger partial charge in [-0.3, -0.25) is 9.59 Å². The summed E-state index contributed by atoms with van der Waals surface area (Å²) >= 11 is 0. The van der Waals surface area contributed by atoms with Gasteiger partial charge in [0.25, 0.3) is 5.91 Å². The van der Waals surface area contributed by atoms with E-state index in [1.54, 1.807) is 11.0 Å². The van der Waals surface area contributed by atoms with Crippen molar-refractivity contribution >= 4 is 16.9 Å². The molecule has 0 saturated carbocycles. The summed E-state index contributed by atoms with van der Waals surface area (Å²) in [5.74, 6) is 0.590. The quantitative estimate of drug-likeness (QED) is 0.548. The Hall–Kier alpha value is -3.34. The molecule has 1 amide bonds. The Morgan fingerprint density at radius 2 is 1.90 bits per heavy atom. The summed E-state index contributed by atoms with van der Waals surface area (Å²) in [6.45, 7) is 10.6. The van der Waals surface area contributed by atoms with Crippen LogP contribution in [0.15, 0.2) is 58.3 Å². The van der Waals surface area contributed by atoms with Crippen LogP contribution < -0.4 is 10.2 Å². The summed E-state index contributed by atoms with van der Waals surface area (Å²) in [5, 5.41) is 0.528. The first-order valence-electron chi connectivity index (χ1n) is 10.2. The number of hydrogen-bond acceptors (Lipinski definition) is 4. The molecule has 0 N–H and O–H groups in total. The summed E-state index contributed by atoms with van der Waals surface area (Å²) < 4.78 is 11.7. The van der Waals surface area contributed by atoms with Crippen LogP contribution in [0.1, 0.15) is 52.2 Å². The van der Waals surface area contributed by atoms with Crippen LogP contribution in [0.3, 0.4) is 0 Å². The van der Waals surface area contributed by atoms with Gasteiger partial charge in [-0.15, -0.1) is 6.58 Å². The maximum Gasteiger partial charge on any atom is 0.291 e. The van der Waals surface area contributed by atoms with E-state index >= 15 is 0 Å². The number of nitrogens with zero attached hydrogens (tertiary/aromatic N) is 1. The highest BCUT2D eigenvalue weighted by atomic mass is 16.5. The zero-order valence-electron chi connectivity index (χ0n) is 17.5. The van der Waals surface area contributed by atoms with Crippen LogP contribution in [0.4, 0.5) is 0 Å². The first kappa shape index (κ1) is 20.0. The van der Waals surface area contributed by atoms with Crippen molar-refractivity contribution in [1.29, 1.82) is 0 Å². The molecule has 0 radical (unpaired) electrons. The zero-order chi connectivity index (χ0) is 21.4. The van der Waals surface area contributed by atoms with Crippen molar-refractivity contribution in [2.24, 2.45) is 0 Å². The lowest BCUT2D eigenvalue weighted by molar-refractivity contribution is 0.0748. The first-order valence-corrected chi connectivity index (χ1v) is 10.2. The molecular weight excluding hydrogens is 378 g/mol. The van der Waals surface area contributed by atoms with E-state index in [0.29, 0.717) is 29.7 Å². The average Bonchev–Trinajstić information content (AvgIpc) is 2.99. The fourth-order valence-corrected chi connectivity index (χ4v) is 4.15. The highest BCUT2D eigenvalue weighted by Crippen LogP contribution is 2.39. The van der Waals surface area contributed by atoms with Crippen LogP contribution in [0.5, 0.6) is 5.75 Å². The van der Waals surface area contributed by atoms with E-state index in [1.165, 1.54) is 0 Å². The number of aryl methyl sites for hydroxylation is 2. The van der Waals surface area contributed by atoms with E-state index in [4.69, 9.17) is 9.15 Å². The van der Waals surface area contributed by atoms with Gasteiger partial charge in [-0.1, -0.05) is 31.2 Å². The number of ether oxygens (including phenoxy) is 1. The van der Waals surface area contributed by atoms with Gasteiger partial charge in [0.1, 0.15) is 11.3 Å². The number of hydrogen-bond donors (Lipinski definition) is 0. The van der Waals surface area contributed by atoms with Gasteiger partial charge < -0.3 is 14.1 Å². The Morgan fingerprint density at radius 1 is 1.17 bits per heavy atom. The zero-order valence-corrected chi connectivity index (χ0v) is 17.5. The van der Waals surface area contributed by atoms with Crippen molar-refractivity contribution in [3.8, 4) is 5.75 Å². The third-order valence-electron chi connectivity index (χ3n) is 5.41. The second-order valence-corrected chi connectivity index (χ2v) is 7.70. The lowest BCUT2D eigenvalue weighted by Crippen LogP contribution is -2.29. The maximum atomic E-state index is 13.6. The first-order chi connectivity index (χ1) is 14.5. The highest BCUT2D eigenvalue weighted by Gasteiger charge is 2.42. The molecule has 5 nitrogen and oxygen atoms in total. The molecule has 1 atom stereocenters. The molecule has 0 saturated heterocycles. The van der Waals surface area contributed by atoms with E-state index in [0.717, 1.165) is 28.9 Å². The van der Waals surface area contributed by atoms with E-state index in [2.05, 4.69) is 13.5 Å². The molecule has 1 unspecified atom stereocenters. The van der Waals surface area contributed by atoms with Crippen molar-refractivity contribution in [1.82, 2.24) is 4.90 Å². The summed E-state index contributed by atoms with van der Waals surface area (Å²) in [6, 6.07) is 10.8. The lowest BCUT2D eigenvalue weighted by Gasteiger charge is -2.24. The second-order valence-electron chi connectivity index (χ2n) is 7.70. The predicted molar refractivity (Wildman–Crippen MR) is 117 cm³/mol. The summed E-state index contributed by atoms with van der Waals surface area (Å²) in [7, 11) is 0. The minimum Gasteiger partial charge on any atom is -0.494 e. The van der Waals surface area contributed by atoms with Crippen LogP contribution in [0, 0.1) is 13.8 Å². The summed E-state index contributed by atoms with van der Waals surface area (Å²) in [4.78, 5) is 28.3. The monoisotopic (exact) mass is 403 g/mol. The molecule has 0 bridgehead atoms. The smallest absolute Gasteiger partial charge is 0.291 e. The van der Waals surface area contributed by atoms with Crippen molar-refractivity contribution in [2.75, 3.05) is 13.2 Å².